The van der Waals surface area contributed by atoms with Gasteiger partial charge in [0.25, 0.3) is 0 Å². The topological polar surface area (TPSA) is 98.1 Å². The lowest BCUT2D eigenvalue weighted by Gasteiger charge is -2.27. The summed E-state index contributed by atoms with van der Waals surface area (Å²) in [5.74, 6) is 1.02. The Hall–Kier alpha value is -3.42. The summed E-state index contributed by atoms with van der Waals surface area (Å²) < 4.78 is 1.65. The molecule has 8 nitrogen and oxygen atoms in total. The summed E-state index contributed by atoms with van der Waals surface area (Å²) in [6.07, 6.45) is 6.53. The third kappa shape index (κ3) is 4.58. The second-order valence-electron chi connectivity index (χ2n) is 11.6. The number of piperidine rings is 1. The van der Waals surface area contributed by atoms with E-state index in [1.54, 1.807) is 17.1 Å². The van der Waals surface area contributed by atoms with E-state index in [1.165, 1.54) is 6.92 Å². The average Bonchev–Trinajstić information content (AvgIpc) is 3.19. The molecule has 1 amide bonds. The summed E-state index contributed by atoms with van der Waals surface area (Å²) >= 11 is 0. The van der Waals surface area contributed by atoms with E-state index in [4.69, 9.17) is 0 Å². The number of aryl methyl sites for hydroxylation is 2. The monoisotopic (exact) mass is 501 g/mol. The predicted molar refractivity (Wildman–Crippen MR) is 141 cm³/mol. The number of hydrogen-bond acceptors (Lipinski definition) is 6. The molecule has 2 aliphatic rings. The molecule has 37 heavy (non-hydrogen) atoms. The van der Waals surface area contributed by atoms with Gasteiger partial charge in [0.15, 0.2) is 11.6 Å². The van der Waals surface area contributed by atoms with Crippen molar-refractivity contribution >= 4 is 28.4 Å². The lowest BCUT2D eigenvalue weighted by molar-refractivity contribution is -0.139. The maximum atomic E-state index is 13.7. The van der Waals surface area contributed by atoms with E-state index in [0.717, 1.165) is 41.5 Å². The van der Waals surface area contributed by atoms with Crippen LogP contribution in [0.3, 0.4) is 0 Å². The van der Waals surface area contributed by atoms with Gasteiger partial charge in [-0.3, -0.25) is 19.1 Å². The average molecular weight is 502 g/mol. The first kappa shape index (κ1) is 25.2. The number of Topliss-reactive ketones (excluding diaryl/α,β-unsaturated/α-hetero) is 2. The first-order valence-corrected chi connectivity index (χ1v) is 13.1. The molecule has 8 heteroatoms. The number of hydrogen-bond donors (Lipinski definition) is 0. The quantitative estimate of drug-likeness (QED) is 0.415. The lowest BCUT2D eigenvalue weighted by atomic mass is 9.95. The molecule has 0 bridgehead atoms. The fraction of sp³-hybridized carbons (Fsp3) is 0.517. The van der Waals surface area contributed by atoms with Gasteiger partial charge in [-0.2, -0.15) is 5.10 Å². The van der Waals surface area contributed by atoms with E-state index >= 15 is 0 Å². The maximum Gasteiger partial charge on any atom is 0.245 e. The molecule has 1 saturated carbocycles. The van der Waals surface area contributed by atoms with Gasteiger partial charge < -0.3 is 4.90 Å². The maximum absolute atomic E-state index is 13.7. The molecule has 5 rings (SSSR count). The van der Waals surface area contributed by atoms with Gasteiger partial charge in [-0.15, -0.1) is 0 Å². The van der Waals surface area contributed by atoms with Crippen molar-refractivity contribution in [2.75, 3.05) is 0 Å². The molecule has 194 valence electrons. The van der Waals surface area contributed by atoms with Crippen molar-refractivity contribution in [3.05, 3.63) is 41.6 Å². The molecule has 0 spiro atoms. The zero-order valence-corrected chi connectivity index (χ0v) is 22.5. The molecule has 2 fully saturated rings. The summed E-state index contributed by atoms with van der Waals surface area (Å²) in [6.45, 7) is 11.7. The Kier molecular flexibility index (Phi) is 6.24. The fourth-order valence-corrected chi connectivity index (χ4v) is 5.83. The highest BCUT2D eigenvalue weighted by atomic mass is 16.2. The van der Waals surface area contributed by atoms with Gasteiger partial charge >= 0.3 is 0 Å². The van der Waals surface area contributed by atoms with E-state index in [1.807, 2.05) is 30.9 Å². The van der Waals surface area contributed by atoms with Crippen molar-refractivity contribution in [3.8, 4) is 11.1 Å². The van der Waals surface area contributed by atoms with Crippen LogP contribution in [0.4, 0.5) is 0 Å². The van der Waals surface area contributed by atoms with Gasteiger partial charge in [0.1, 0.15) is 18.1 Å². The number of benzene rings is 1. The molecule has 0 radical (unpaired) electrons. The molecule has 0 unspecified atom stereocenters. The fourth-order valence-electron chi connectivity index (χ4n) is 5.83. The molecular weight excluding hydrogens is 466 g/mol. The Bertz CT molecular complexity index is 1410. The molecule has 3 heterocycles. The van der Waals surface area contributed by atoms with Crippen LogP contribution in [-0.2, 0) is 16.1 Å². The minimum atomic E-state index is -0.363. The van der Waals surface area contributed by atoms with Crippen LogP contribution in [-0.4, -0.2) is 54.2 Å². The highest BCUT2D eigenvalue weighted by molar-refractivity contribution is 6.07. The van der Waals surface area contributed by atoms with Crippen LogP contribution in [0.1, 0.15) is 75.3 Å². The Balaban J connectivity index is 1.48. The van der Waals surface area contributed by atoms with Gasteiger partial charge in [0.05, 0.1) is 11.6 Å². The molecule has 1 aliphatic carbocycles. The van der Waals surface area contributed by atoms with E-state index in [-0.39, 0.29) is 41.5 Å². The highest BCUT2D eigenvalue weighted by Gasteiger charge is 2.64. The van der Waals surface area contributed by atoms with Crippen LogP contribution in [0.5, 0.6) is 0 Å². The van der Waals surface area contributed by atoms with Crippen LogP contribution < -0.4 is 0 Å². The van der Waals surface area contributed by atoms with E-state index in [9.17, 15) is 14.4 Å². The second-order valence-corrected chi connectivity index (χ2v) is 11.6. The molecule has 3 aromatic rings. The molecule has 1 saturated heterocycles. The van der Waals surface area contributed by atoms with Crippen molar-refractivity contribution in [1.29, 1.82) is 0 Å². The van der Waals surface area contributed by atoms with Crippen molar-refractivity contribution in [1.82, 2.24) is 24.6 Å². The summed E-state index contributed by atoms with van der Waals surface area (Å²) in [4.78, 5) is 49.8. The lowest BCUT2D eigenvalue weighted by Crippen LogP contribution is -2.44. The minimum absolute atomic E-state index is 0.00184. The van der Waals surface area contributed by atoms with Crippen LogP contribution in [0.2, 0.25) is 0 Å². The standard InChI is InChI=1S/C29H35N5O3/c1-16(2)7-8-24(36)23-11-29(6)12-25(29)34(23)26(37)15-33-28-17(3)9-20(21-13-30-19(5)31-14-21)10-22(28)27(32-33)18(4)35/h9-10,13-14,16,23,25H,7-8,11-12,15H2,1-6H3/t23-,25+,29-/m0/s1. The zero-order valence-electron chi connectivity index (χ0n) is 22.5. The normalized spacial score (nSPS) is 22.5. The van der Waals surface area contributed by atoms with Crippen molar-refractivity contribution in [2.24, 2.45) is 11.3 Å². The number of likely N-dealkylation sites (tertiary alicyclic amines) is 1. The number of aromatic nitrogens is 4. The summed E-state index contributed by atoms with van der Waals surface area (Å²) in [6, 6.07) is 3.68. The number of amides is 1. The van der Waals surface area contributed by atoms with Crippen LogP contribution in [0.15, 0.2) is 24.5 Å². The largest absolute Gasteiger partial charge is 0.327 e. The third-order valence-corrected chi connectivity index (χ3v) is 8.03. The summed E-state index contributed by atoms with van der Waals surface area (Å²) in [5.41, 5.74) is 3.78. The first-order valence-electron chi connectivity index (χ1n) is 13.1. The number of carbonyl (C=O) groups is 3. The van der Waals surface area contributed by atoms with Crippen LogP contribution in [0, 0.1) is 25.2 Å². The van der Waals surface area contributed by atoms with Crippen LogP contribution in [0.25, 0.3) is 22.0 Å². The van der Waals surface area contributed by atoms with Gasteiger partial charge in [-0.25, -0.2) is 9.97 Å². The summed E-state index contributed by atoms with van der Waals surface area (Å²) in [5, 5.41) is 5.31. The number of carbonyl (C=O) groups excluding carboxylic acids is 3. The van der Waals surface area contributed by atoms with Crippen molar-refractivity contribution < 1.29 is 14.4 Å². The van der Waals surface area contributed by atoms with Crippen molar-refractivity contribution in [3.63, 3.8) is 0 Å². The van der Waals surface area contributed by atoms with E-state index < -0.39 is 0 Å². The molecule has 2 aromatic heterocycles. The number of rotatable bonds is 8. The van der Waals surface area contributed by atoms with E-state index in [2.05, 4.69) is 35.8 Å². The van der Waals surface area contributed by atoms with Crippen molar-refractivity contribution in [2.45, 2.75) is 85.9 Å². The molecule has 0 N–H and O–H groups in total. The first-order chi connectivity index (χ1) is 17.5. The smallest absolute Gasteiger partial charge is 0.245 e. The Morgan fingerprint density at radius 1 is 1.08 bits per heavy atom. The SMILES string of the molecule is CC(=O)c1nn(CC(=O)N2[C@H](C(=O)CCC(C)C)C[C@@]3(C)C[C@@H]23)c2c(C)cc(-c3cnc(C)nc3)cc12. The Morgan fingerprint density at radius 3 is 2.43 bits per heavy atom. The third-order valence-electron chi connectivity index (χ3n) is 8.03. The van der Waals surface area contributed by atoms with Gasteiger partial charge in [-0.05, 0) is 67.7 Å². The minimum Gasteiger partial charge on any atom is -0.327 e. The number of nitrogens with zero attached hydrogens (tertiary/aromatic N) is 5. The molecular formula is C29H35N5O3. The predicted octanol–water partition coefficient (Wildman–Crippen LogP) is 4.70. The number of fused-ring (bicyclic) bond motifs is 2. The second kappa shape index (κ2) is 9.15. The Morgan fingerprint density at radius 2 is 1.78 bits per heavy atom. The van der Waals surface area contributed by atoms with Gasteiger partial charge in [0.2, 0.25) is 5.91 Å². The molecule has 3 atom stereocenters. The van der Waals surface area contributed by atoms with E-state index in [0.29, 0.717) is 29.2 Å². The van der Waals surface area contributed by atoms with Gasteiger partial charge in [-0.1, -0.05) is 20.8 Å². The number of ketones is 2. The van der Waals surface area contributed by atoms with Gasteiger partial charge in [0, 0.05) is 42.7 Å². The highest BCUT2D eigenvalue weighted by Crippen LogP contribution is 2.59. The molecule has 1 aliphatic heterocycles. The zero-order chi connectivity index (χ0) is 26.6. The molecule has 1 aromatic carbocycles. The Labute approximate surface area is 217 Å². The van der Waals surface area contributed by atoms with Crippen LogP contribution >= 0.6 is 0 Å². The summed E-state index contributed by atoms with van der Waals surface area (Å²) in [7, 11) is 0.